The third-order valence-corrected chi connectivity index (χ3v) is 4.11. The topological polar surface area (TPSA) is 77.8 Å². The first-order chi connectivity index (χ1) is 12.9. The average Bonchev–Trinajstić information content (AvgIpc) is 2.99. The highest BCUT2D eigenvalue weighted by Gasteiger charge is 2.24. The molecule has 0 bridgehead atoms. The fourth-order valence-corrected chi connectivity index (χ4v) is 2.59. The number of aryl methyl sites for hydroxylation is 1. The molecule has 1 amide bonds. The number of nitrogens with one attached hydrogen (secondary N) is 1. The summed E-state index contributed by atoms with van der Waals surface area (Å²) in [6.07, 6.45) is -1.14. The number of halogens is 1. The van der Waals surface area contributed by atoms with Crippen LogP contribution < -0.4 is 10.1 Å². The van der Waals surface area contributed by atoms with Crippen LogP contribution in [0.3, 0.4) is 0 Å². The van der Waals surface area contributed by atoms with Gasteiger partial charge in [0.25, 0.3) is 5.91 Å². The van der Waals surface area contributed by atoms with Crippen LogP contribution in [0.25, 0.3) is 11.0 Å². The van der Waals surface area contributed by atoms with Crippen LogP contribution in [0.1, 0.15) is 23.0 Å². The Hall–Kier alpha value is -3.35. The Morgan fingerprint density at radius 2 is 1.93 bits per heavy atom. The van der Waals surface area contributed by atoms with Gasteiger partial charge in [0.2, 0.25) is 5.76 Å². The Kier molecular flexibility index (Phi) is 5.12. The minimum Gasteiger partial charge on any atom is -0.497 e. The van der Waals surface area contributed by atoms with Gasteiger partial charge in [-0.1, -0.05) is 12.1 Å². The number of carbonyl (C=O) groups excluding carboxylic acids is 2. The summed E-state index contributed by atoms with van der Waals surface area (Å²) < 4.78 is 29.5. The van der Waals surface area contributed by atoms with Crippen LogP contribution in [0.5, 0.6) is 5.75 Å². The van der Waals surface area contributed by atoms with Crippen molar-refractivity contribution >= 4 is 28.5 Å². The molecule has 1 atom stereocenters. The summed E-state index contributed by atoms with van der Waals surface area (Å²) in [6.45, 7) is 3.11. The monoisotopic (exact) mass is 371 g/mol. The number of para-hydroxylation sites is 1. The van der Waals surface area contributed by atoms with Gasteiger partial charge >= 0.3 is 5.97 Å². The molecule has 0 fully saturated rings. The number of rotatable bonds is 5. The Morgan fingerprint density at radius 3 is 2.63 bits per heavy atom. The van der Waals surface area contributed by atoms with E-state index < -0.39 is 23.8 Å². The second kappa shape index (κ2) is 7.49. The summed E-state index contributed by atoms with van der Waals surface area (Å²) in [7, 11) is 1.54. The van der Waals surface area contributed by atoms with Crippen molar-refractivity contribution in [2.24, 2.45) is 0 Å². The van der Waals surface area contributed by atoms with Crippen LogP contribution in [0.15, 0.2) is 46.9 Å². The quantitative estimate of drug-likeness (QED) is 0.684. The average molecular weight is 371 g/mol. The highest BCUT2D eigenvalue weighted by Crippen LogP contribution is 2.29. The van der Waals surface area contributed by atoms with Crippen LogP contribution in [0.2, 0.25) is 0 Å². The summed E-state index contributed by atoms with van der Waals surface area (Å²) >= 11 is 0. The van der Waals surface area contributed by atoms with Crippen LogP contribution in [0, 0.1) is 12.7 Å². The van der Waals surface area contributed by atoms with Crippen molar-refractivity contribution in [2.45, 2.75) is 20.0 Å². The molecule has 0 aliphatic carbocycles. The number of esters is 1. The number of anilines is 1. The Labute approximate surface area is 154 Å². The zero-order valence-electron chi connectivity index (χ0n) is 15.0. The first-order valence-electron chi connectivity index (χ1n) is 8.24. The number of methoxy groups -OCH3 is 1. The number of carbonyl (C=O) groups is 2. The summed E-state index contributed by atoms with van der Waals surface area (Å²) in [5.74, 6) is -1.37. The Bertz CT molecular complexity index is 1010. The van der Waals surface area contributed by atoms with Crippen LogP contribution in [-0.2, 0) is 9.53 Å². The van der Waals surface area contributed by atoms with Gasteiger partial charge < -0.3 is 19.2 Å². The number of ether oxygens (including phenoxy) is 2. The van der Waals surface area contributed by atoms with E-state index in [0.717, 1.165) is 0 Å². The molecule has 0 aliphatic rings. The van der Waals surface area contributed by atoms with E-state index >= 15 is 0 Å². The number of benzene rings is 2. The summed E-state index contributed by atoms with van der Waals surface area (Å²) in [5, 5.41) is 3.10. The molecule has 3 aromatic rings. The molecule has 1 N–H and O–H groups in total. The molecule has 0 spiro atoms. The molecule has 1 aromatic heterocycles. The molecule has 0 aliphatic heterocycles. The maximum atomic E-state index is 13.6. The molecular weight excluding hydrogens is 353 g/mol. The lowest BCUT2D eigenvalue weighted by Gasteiger charge is -2.13. The molecular formula is C20H18FNO5. The summed E-state index contributed by atoms with van der Waals surface area (Å²) in [5.41, 5.74) is 1.09. The van der Waals surface area contributed by atoms with E-state index in [0.29, 0.717) is 22.3 Å². The Balaban J connectivity index is 1.74. The molecule has 6 nitrogen and oxygen atoms in total. The molecule has 140 valence electrons. The molecule has 0 saturated heterocycles. The maximum absolute atomic E-state index is 13.6. The number of furan rings is 1. The number of amides is 1. The molecule has 0 radical (unpaired) electrons. The van der Waals surface area contributed by atoms with Gasteiger partial charge in [0.15, 0.2) is 6.10 Å². The fraction of sp³-hybridized carbons (Fsp3) is 0.200. The lowest BCUT2D eigenvalue weighted by atomic mass is 10.1. The van der Waals surface area contributed by atoms with Gasteiger partial charge in [0.1, 0.15) is 17.1 Å². The summed E-state index contributed by atoms with van der Waals surface area (Å²) in [4.78, 5) is 24.6. The smallest absolute Gasteiger partial charge is 0.375 e. The summed E-state index contributed by atoms with van der Waals surface area (Å²) in [6, 6.07) is 10.9. The molecule has 3 rings (SSSR count). The maximum Gasteiger partial charge on any atom is 0.375 e. The van der Waals surface area contributed by atoms with Gasteiger partial charge in [0, 0.05) is 10.9 Å². The van der Waals surface area contributed by atoms with E-state index in [1.54, 1.807) is 38.3 Å². The molecule has 0 unspecified atom stereocenters. The van der Waals surface area contributed by atoms with Crippen LogP contribution in [-0.4, -0.2) is 25.1 Å². The second-order valence-electron chi connectivity index (χ2n) is 5.93. The largest absolute Gasteiger partial charge is 0.497 e. The van der Waals surface area contributed by atoms with Gasteiger partial charge in [-0.3, -0.25) is 4.79 Å². The zero-order chi connectivity index (χ0) is 19.6. The van der Waals surface area contributed by atoms with E-state index in [-0.39, 0.29) is 11.4 Å². The van der Waals surface area contributed by atoms with Gasteiger partial charge in [-0.2, -0.15) is 0 Å². The van der Waals surface area contributed by atoms with Gasteiger partial charge in [0.05, 0.1) is 12.8 Å². The molecule has 7 heteroatoms. The third kappa shape index (κ3) is 3.76. The predicted octanol–water partition coefficient (Wildman–Crippen LogP) is 4.07. The van der Waals surface area contributed by atoms with E-state index in [1.807, 2.05) is 0 Å². The zero-order valence-corrected chi connectivity index (χ0v) is 15.0. The van der Waals surface area contributed by atoms with Crippen molar-refractivity contribution < 1.29 is 27.9 Å². The minimum atomic E-state index is -1.14. The normalized spacial score (nSPS) is 11.9. The van der Waals surface area contributed by atoms with Crippen molar-refractivity contribution in [1.29, 1.82) is 0 Å². The molecule has 2 aromatic carbocycles. The number of hydrogen-bond donors (Lipinski definition) is 1. The third-order valence-electron chi connectivity index (χ3n) is 4.11. The van der Waals surface area contributed by atoms with Crippen molar-refractivity contribution in [3.8, 4) is 5.75 Å². The van der Waals surface area contributed by atoms with Crippen molar-refractivity contribution in [3.05, 3.63) is 59.6 Å². The lowest BCUT2D eigenvalue weighted by Crippen LogP contribution is -2.30. The van der Waals surface area contributed by atoms with Gasteiger partial charge in [-0.25, -0.2) is 9.18 Å². The first kappa shape index (κ1) is 18.4. The van der Waals surface area contributed by atoms with Gasteiger partial charge in [-0.15, -0.1) is 0 Å². The van der Waals surface area contributed by atoms with E-state index in [4.69, 9.17) is 13.9 Å². The molecule has 0 saturated carbocycles. The van der Waals surface area contributed by atoms with Crippen LogP contribution in [0.4, 0.5) is 10.1 Å². The lowest BCUT2D eigenvalue weighted by molar-refractivity contribution is -0.123. The van der Waals surface area contributed by atoms with E-state index in [2.05, 4.69) is 5.32 Å². The fourth-order valence-electron chi connectivity index (χ4n) is 2.59. The van der Waals surface area contributed by atoms with Crippen molar-refractivity contribution in [3.63, 3.8) is 0 Å². The predicted molar refractivity (Wildman–Crippen MR) is 97.4 cm³/mol. The number of fused-ring (bicyclic) bond motifs is 1. The van der Waals surface area contributed by atoms with E-state index in [9.17, 15) is 14.0 Å². The highest BCUT2D eigenvalue weighted by atomic mass is 19.1. The van der Waals surface area contributed by atoms with Gasteiger partial charge in [-0.05, 0) is 44.2 Å². The Morgan fingerprint density at radius 1 is 1.19 bits per heavy atom. The molecule has 1 heterocycles. The van der Waals surface area contributed by atoms with Crippen molar-refractivity contribution in [1.82, 2.24) is 0 Å². The number of hydrogen-bond acceptors (Lipinski definition) is 5. The standard InChI is InChI=1S/C20H18FNO5/c1-11-14-10-13(25-3)8-9-17(14)27-18(11)20(24)26-12(2)19(23)22-16-7-5-4-6-15(16)21/h4-10,12H,1-3H3,(H,22,23)/t12-/m0/s1. The van der Waals surface area contributed by atoms with E-state index in [1.165, 1.54) is 25.1 Å². The van der Waals surface area contributed by atoms with Crippen molar-refractivity contribution in [2.75, 3.05) is 12.4 Å². The molecule has 27 heavy (non-hydrogen) atoms. The SMILES string of the molecule is COc1ccc2oc(C(=O)O[C@@H](C)C(=O)Nc3ccccc3F)c(C)c2c1. The minimum absolute atomic E-state index is 0.00351. The first-order valence-corrected chi connectivity index (χ1v) is 8.24. The highest BCUT2D eigenvalue weighted by molar-refractivity contribution is 5.99. The van der Waals surface area contributed by atoms with Crippen LogP contribution >= 0.6 is 0 Å². The second-order valence-corrected chi connectivity index (χ2v) is 5.93.